The lowest BCUT2D eigenvalue weighted by Gasteiger charge is -2.08. The van der Waals surface area contributed by atoms with Crippen molar-refractivity contribution in [3.05, 3.63) is 41.2 Å². The van der Waals surface area contributed by atoms with E-state index in [1.165, 1.54) is 11.8 Å². The topological polar surface area (TPSA) is 51.8 Å². The molecule has 3 nitrogen and oxygen atoms in total. The van der Waals surface area contributed by atoms with Gasteiger partial charge >= 0.3 is 0 Å². The van der Waals surface area contributed by atoms with Gasteiger partial charge < -0.3 is 5.73 Å². The lowest BCUT2D eigenvalue weighted by molar-refractivity contribution is 0.756. The average molecular weight is 280 g/mol. The molecule has 0 atom stereocenters. The molecular weight excluding hydrogens is 266 g/mol. The second-order valence-corrected chi connectivity index (χ2v) is 5.65. The molecule has 0 bridgehead atoms. The van der Waals surface area contributed by atoms with Gasteiger partial charge in [-0.25, -0.2) is 9.97 Å². The Hall–Kier alpha value is -1.26. The van der Waals surface area contributed by atoms with Crippen LogP contribution in [0.3, 0.4) is 0 Å². The van der Waals surface area contributed by atoms with Crippen molar-refractivity contribution >= 4 is 29.2 Å². The first kappa shape index (κ1) is 13.2. The van der Waals surface area contributed by atoms with Crippen LogP contribution in [0.5, 0.6) is 0 Å². The molecule has 0 aliphatic heterocycles. The summed E-state index contributed by atoms with van der Waals surface area (Å²) in [5.41, 5.74) is 5.79. The molecule has 0 amide bonds. The van der Waals surface area contributed by atoms with Crippen LogP contribution in [0.2, 0.25) is 5.02 Å². The minimum Gasteiger partial charge on any atom is -0.384 e. The Kier molecular flexibility index (Phi) is 4.09. The summed E-state index contributed by atoms with van der Waals surface area (Å²) in [6.07, 6.45) is 0. The molecule has 0 spiro atoms. The maximum atomic E-state index is 6.12. The quantitative estimate of drug-likeness (QED) is 0.863. The molecule has 0 radical (unpaired) electrons. The van der Waals surface area contributed by atoms with Crippen molar-refractivity contribution in [2.75, 3.05) is 5.73 Å². The Morgan fingerprint density at radius 1 is 1.22 bits per heavy atom. The van der Waals surface area contributed by atoms with Gasteiger partial charge in [0, 0.05) is 16.9 Å². The number of nitrogens with two attached hydrogens (primary N) is 1. The Bertz CT molecular complexity index is 558. The summed E-state index contributed by atoms with van der Waals surface area (Å²) in [6, 6.07) is 9.43. The van der Waals surface area contributed by atoms with Crippen LogP contribution in [0.1, 0.15) is 25.6 Å². The third-order valence-corrected chi connectivity index (χ3v) is 3.74. The second kappa shape index (κ2) is 5.59. The first-order valence-electron chi connectivity index (χ1n) is 5.63. The minimum atomic E-state index is 0.249. The van der Waals surface area contributed by atoms with E-state index >= 15 is 0 Å². The molecule has 2 aromatic rings. The molecule has 1 heterocycles. The van der Waals surface area contributed by atoms with E-state index in [1.807, 2.05) is 38.1 Å². The number of hydrogen-bond donors (Lipinski definition) is 1. The number of nitrogen functional groups attached to an aromatic ring is 1. The van der Waals surface area contributed by atoms with Gasteiger partial charge in [0.05, 0.1) is 5.02 Å². The molecule has 2 rings (SSSR count). The third kappa shape index (κ3) is 3.15. The Labute approximate surface area is 116 Å². The first-order chi connectivity index (χ1) is 8.56. The lowest BCUT2D eigenvalue weighted by atomic mass is 10.2. The number of hydrogen-bond acceptors (Lipinski definition) is 4. The van der Waals surface area contributed by atoms with Crippen molar-refractivity contribution in [2.24, 2.45) is 0 Å². The van der Waals surface area contributed by atoms with Gasteiger partial charge in [0.25, 0.3) is 0 Å². The zero-order chi connectivity index (χ0) is 13.1. The Balaban J connectivity index is 2.32. The predicted molar refractivity (Wildman–Crippen MR) is 76.1 cm³/mol. The molecule has 94 valence electrons. The summed E-state index contributed by atoms with van der Waals surface area (Å²) in [5.74, 6) is 1.49. The molecule has 0 fully saturated rings. The van der Waals surface area contributed by atoms with Gasteiger partial charge in [-0.3, -0.25) is 0 Å². The molecule has 0 aliphatic carbocycles. The van der Waals surface area contributed by atoms with Crippen LogP contribution < -0.4 is 5.73 Å². The van der Waals surface area contributed by atoms with E-state index in [4.69, 9.17) is 17.3 Å². The molecule has 1 aromatic carbocycles. The van der Waals surface area contributed by atoms with E-state index in [-0.39, 0.29) is 5.92 Å². The van der Waals surface area contributed by atoms with E-state index in [1.54, 1.807) is 6.07 Å². The van der Waals surface area contributed by atoms with E-state index in [0.717, 1.165) is 15.7 Å². The van der Waals surface area contributed by atoms with Gasteiger partial charge in [-0.15, -0.1) is 0 Å². The van der Waals surface area contributed by atoms with Crippen LogP contribution in [0.25, 0.3) is 0 Å². The largest absolute Gasteiger partial charge is 0.384 e. The van der Waals surface area contributed by atoms with Crippen molar-refractivity contribution in [1.29, 1.82) is 0 Å². The van der Waals surface area contributed by atoms with Crippen molar-refractivity contribution in [1.82, 2.24) is 9.97 Å². The first-order valence-corrected chi connectivity index (χ1v) is 6.82. The summed E-state index contributed by atoms with van der Waals surface area (Å²) in [4.78, 5) is 9.67. The fourth-order valence-electron chi connectivity index (χ4n) is 1.41. The second-order valence-electron chi connectivity index (χ2n) is 4.18. The van der Waals surface area contributed by atoms with Crippen molar-refractivity contribution in [3.8, 4) is 0 Å². The monoisotopic (exact) mass is 279 g/mol. The van der Waals surface area contributed by atoms with Crippen molar-refractivity contribution < 1.29 is 0 Å². The van der Waals surface area contributed by atoms with E-state index in [0.29, 0.717) is 10.8 Å². The SMILES string of the molecule is CC(C)c1nc(N)cc(Sc2ccccc2Cl)n1. The molecule has 0 saturated heterocycles. The van der Waals surface area contributed by atoms with Gasteiger partial charge in [0.15, 0.2) is 0 Å². The van der Waals surface area contributed by atoms with Crippen molar-refractivity contribution in [2.45, 2.75) is 29.7 Å². The zero-order valence-electron chi connectivity index (χ0n) is 10.2. The lowest BCUT2D eigenvalue weighted by Crippen LogP contribution is -2.02. The molecule has 18 heavy (non-hydrogen) atoms. The van der Waals surface area contributed by atoms with Gasteiger partial charge in [-0.05, 0) is 12.1 Å². The van der Waals surface area contributed by atoms with Crippen LogP contribution in [0.15, 0.2) is 40.3 Å². The van der Waals surface area contributed by atoms with Gasteiger partial charge in [-0.1, -0.05) is 49.3 Å². The highest BCUT2D eigenvalue weighted by molar-refractivity contribution is 7.99. The van der Waals surface area contributed by atoms with E-state index in [9.17, 15) is 0 Å². The highest BCUT2D eigenvalue weighted by atomic mass is 35.5. The van der Waals surface area contributed by atoms with Gasteiger partial charge in [0.1, 0.15) is 16.7 Å². The van der Waals surface area contributed by atoms with E-state index in [2.05, 4.69) is 9.97 Å². The molecule has 0 aliphatic rings. The highest BCUT2D eigenvalue weighted by Crippen LogP contribution is 2.32. The summed E-state index contributed by atoms with van der Waals surface area (Å²) in [6.45, 7) is 4.08. The number of aromatic nitrogens is 2. The van der Waals surface area contributed by atoms with Crippen LogP contribution in [0, 0.1) is 0 Å². The summed E-state index contributed by atoms with van der Waals surface area (Å²) in [5, 5.41) is 1.53. The summed E-state index contributed by atoms with van der Waals surface area (Å²) in [7, 11) is 0. The van der Waals surface area contributed by atoms with Crippen LogP contribution in [0.4, 0.5) is 5.82 Å². The maximum absolute atomic E-state index is 6.12. The third-order valence-electron chi connectivity index (χ3n) is 2.31. The standard InChI is InChI=1S/C13H14ClN3S/c1-8(2)13-16-11(15)7-12(17-13)18-10-6-4-3-5-9(10)14/h3-8H,1-2H3,(H2,15,16,17). The summed E-state index contributed by atoms with van der Waals surface area (Å²) < 4.78 is 0. The van der Waals surface area contributed by atoms with Gasteiger partial charge in [-0.2, -0.15) is 0 Å². The number of anilines is 1. The number of nitrogens with zero attached hydrogens (tertiary/aromatic N) is 2. The molecule has 1 aromatic heterocycles. The van der Waals surface area contributed by atoms with Crippen LogP contribution >= 0.6 is 23.4 Å². The zero-order valence-corrected chi connectivity index (χ0v) is 11.8. The summed E-state index contributed by atoms with van der Waals surface area (Å²) >= 11 is 7.62. The number of benzene rings is 1. The normalized spacial score (nSPS) is 10.9. The smallest absolute Gasteiger partial charge is 0.134 e. The average Bonchev–Trinajstić information content (AvgIpc) is 2.31. The van der Waals surface area contributed by atoms with Gasteiger partial charge in [0.2, 0.25) is 0 Å². The Morgan fingerprint density at radius 3 is 2.61 bits per heavy atom. The molecule has 5 heteroatoms. The highest BCUT2D eigenvalue weighted by Gasteiger charge is 2.09. The molecule has 0 saturated carbocycles. The number of rotatable bonds is 3. The van der Waals surface area contributed by atoms with Crippen molar-refractivity contribution in [3.63, 3.8) is 0 Å². The fraction of sp³-hybridized carbons (Fsp3) is 0.231. The maximum Gasteiger partial charge on any atom is 0.134 e. The van der Waals surface area contributed by atoms with E-state index < -0.39 is 0 Å². The molecular formula is C13H14ClN3S. The fourth-order valence-corrected chi connectivity index (χ4v) is 2.52. The predicted octanol–water partition coefficient (Wildman–Crippen LogP) is 3.99. The number of halogens is 1. The molecule has 0 unspecified atom stereocenters. The minimum absolute atomic E-state index is 0.249. The van der Waals surface area contributed by atoms with Crippen LogP contribution in [-0.4, -0.2) is 9.97 Å². The Morgan fingerprint density at radius 2 is 1.94 bits per heavy atom. The molecule has 2 N–H and O–H groups in total. The van der Waals surface area contributed by atoms with Crippen LogP contribution in [-0.2, 0) is 0 Å².